The van der Waals surface area contributed by atoms with Crippen LogP contribution in [0.2, 0.25) is 10.0 Å². The minimum absolute atomic E-state index is 0.566. The number of rotatable bonds is 7. The van der Waals surface area contributed by atoms with Crippen molar-refractivity contribution in [1.29, 1.82) is 0 Å². The van der Waals surface area contributed by atoms with E-state index in [1.165, 1.54) is 45.1 Å². The molecule has 0 aromatic heterocycles. The molecule has 0 N–H and O–H groups in total. The summed E-state index contributed by atoms with van der Waals surface area (Å²) in [5.41, 5.74) is 0. The lowest BCUT2D eigenvalue weighted by atomic mass is 9.78. The van der Waals surface area contributed by atoms with Crippen LogP contribution >= 0.6 is 23.2 Å². The Hall–Kier alpha value is -0.440. The maximum absolute atomic E-state index is 6.17. The molecule has 0 amide bonds. The first-order valence-corrected chi connectivity index (χ1v) is 10.2. The lowest BCUT2D eigenvalue weighted by Crippen LogP contribution is -2.50. The Balaban J connectivity index is 1.70. The van der Waals surface area contributed by atoms with Crippen molar-refractivity contribution >= 4 is 23.2 Å². The summed E-state index contributed by atoms with van der Waals surface area (Å²) in [5, 5.41) is 1.15. The maximum atomic E-state index is 6.17. The number of hydrogen-bond donors (Lipinski definition) is 0. The van der Waals surface area contributed by atoms with E-state index < -0.39 is 0 Å². The largest absolute Gasteiger partial charge is 0.493 e. The van der Waals surface area contributed by atoms with E-state index in [0.29, 0.717) is 22.0 Å². The molecule has 2 saturated heterocycles. The predicted molar refractivity (Wildman–Crippen MR) is 102 cm³/mol. The fraction of sp³-hybridized carbons (Fsp3) is 0.700. The molecule has 2 aliphatic heterocycles. The maximum Gasteiger partial charge on any atom is 0.120 e. The third-order valence-corrected chi connectivity index (χ3v) is 6.58. The molecule has 0 spiro atoms. The van der Waals surface area contributed by atoms with Gasteiger partial charge in [0.05, 0.1) is 16.7 Å². The van der Waals surface area contributed by atoms with Crippen LogP contribution in [-0.4, -0.2) is 30.1 Å². The Labute approximate surface area is 156 Å². The highest BCUT2D eigenvalue weighted by Gasteiger charge is 2.46. The Morgan fingerprint density at radius 2 is 1.96 bits per heavy atom. The lowest BCUT2D eigenvalue weighted by Gasteiger charge is -2.44. The number of hydrogen-bond acceptors (Lipinski definition) is 2. The van der Waals surface area contributed by atoms with Gasteiger partial charge in [0.1, 0.15) is 5.75 Å². The first-order valence-electron chi connectivity index (χ1n) is 9.47. The van der Waals surface area contributed by atoms with Crippen molar-refractivity contribution < 1.29 is 4.74 Å². The second-order valence-electron chi connectivity index (χ2n) is 7.37. The zero-order chi connectivity index (χ0) is 17.1. The highest BCUT2D eigenvalue weighted by atomic mass is 35.5. The summed E-state index contributed by atoms with van der Waals surface area (Å²) in [4.78, 5) is 2.77. The van der Waals surface area contributed by atoms with Crippen LogP contribution in [0.15, 0.2) is 18.2 Å². The molecule has 0 radical (unpaired) electrons. The minimum Gasteiger partial charge on any atom is -0.493 e. The standard InChI is InChI=1S/C20H29Cl2NO/c1-3-5-14-11-15-6-9-20(23(15)10-4-2)17(14)13-24-16-7-8-18(21)19(22)12-16/h7-8,12,14-15,17,20H,3-6,9-11,13H2,1-2H3/t14-,15?,17?,20?/m0/s1. The fourth-order valence-electron chi connectivity index (χ4n) is 4.83. The molecule has 2 heterocycles. The van der Waals surface area contributed by atoms with Gasteiger partial charge in [0, 0.05) is 24.1 Å². The van der Waals surface area contributed by atoms with Crippen LogP contribution in [-0.2, 0) is 0 Å². The van der Waals surface area contributed by atoms with Crippen LogP contribution < -0.4 is 4.74 Å². The second kappa shape index (κ2) is 8.29. The molecule has 1 aromatic carbocycles. The van der Waals surface area contributed by atoms with E-state index in [4.69, 9.17) is 27.9 Å². The number of piperidine rings is 1. The lowest BCUT2D eigenvalue weighted by molar-refractivity contribution is 0.0174. The molecule has 2 aliphatic rings. The molecular weight excluding hydrogens is 341 g/mol. The van der Waals surface area contributed by atoms with Crippen molar-refractivity contribution in [2.75, 3.05) is 13.2 Å². The van der Waals surface area contributed by atoms with Crippen LogP contribution in [0.4, 0.5) is 0 Å². The Kier molecular flexibility index (Phi) is 6.34. The van der Waals surface area contributed by atoms with Gasteiger partial charge >= 0.3 is 0 Å². The van der Waals surface area contributed by atoms with Gasteiger partial charge in [-0.05, 0) is 50.3 Å². The quantitative estimate of drug-likeness (QED) is 0.579. The van der Waals surface area contributed by atoms with Crippen LogP contribution in [0.25, 0.3) is 0 Å². The summed E-state index contributed by atoms with van der Waals surface area (Å²) in [7, 11) is 0. The second-order valence-corrected chi connectivity index (χ2v) is 8.19. The Bertz CT molecular complexity index is 550. The van der Waals surface area contributed by atoms with Gasteiger partial charge < -0.3 is 4.74 Å². The molecule has 24 heavy (non-hydrogen) atoms. The monoisotopic (exact) mass is 369 g/mol. The fourth-order valence-corrected chi connectivity index (χ4v) is 5.12. The average molecular weight is 370 g/mol. The summed E-state index contributed by atoms with van der Waals surface area (Å²) in [5.74, 6) is 2.26. The van der Waals surface area contributed by atoms with Crippen LogP contribution in [0.5, 0.6) is 5.75 Å². The van der Waals surface area contributed by atoms with Crippen molar-refractivity contribution in [3.63, 3.8) is 0 Å². The first kappa shape index (κ1) is 18.4. The van der Waals surface area contributed by atoms with E-state index in [0.717, 1.165) is 24.3 Å². The molecule has 134 valence electrons. The average Bonchev–Trinajstić information content (AvgIpc) is 2.85. The first-order chi connectivity index (χ1) is 11.6. The van der Waals surface area contributed by atoms with E-state index in [-0.39, 0.29) is 0 Å². The third-order valence-electron chi connectivity index (χ3n) is 5.84. The molecular formula is C20H29Cl2NO. The van der Waals surface area contributed by atoms with Crippen LogP contribution in [0, 0.1) is 11.8 Å². The summed E-state index contributed by atoms with van der Waals surface area (Å²) < 4.78 is 6.17. The number of fused-ring (bicyclic) bond motifs is 2. The number of benzene rings is 1. The van der Waals surface area contributed by atoms with Crippen LogP contribution in [0.3, 0.4) is 0 Å². The minimum atomic E-state index is 0.566. The highest BCUT2D eigenvalue weighted by molar-refractivity contribution is 6.42. The van der Waals surface area contributed by atoms with Crippen molar-refractivity contribution in [1.82, 2.24) is 4.90 Å². The van der Waals surface area contributed by atoms with Gasteiger partial charge in [0.15, 0.2) is 0 Å². The van der Waals surface area contributed by atoms with Gasteiger partial charge in [-0.25, -0.2) is 0 Å². The van der Waals surface area contributed by atoms with Crippen molar-refractivity contribution in [3.8, 4) is 5.75 Å². The molecule has 4 heteroatoms. The van der Waals surface area contributed by atoms with Crippen LogP contribution in [0.1, 0.15) is 52.4 Å². The molecule has 2 bridgehead atoms. The van der Waals surface area contributed by atoms with Gasteiger partial charge in [-0.2, -0.15) is 0 Å². The van der Waals surface area contributed by atoms with E-state index in [2.05, 4.69) is 18.7 Å². The number of halogens is 2. The zero-order valence-corrected chi connectivity index (χ0v) is 16.3. The molecule has 2 nitrogen and oxygen atoms in total. The van der Waals surface area contributed by atoms with Crippen molar-refractivity contribution in [2.24, 2.45) is 11.8 Å². The van der Waals surface area contributed by atoms with E-state index >= 15 is 0 Å². The number of nitrogens with zero attached hydrogens (tertiary/aromatic N) is 1. The van der Waals surface area contributed by atoms with Gasteiger partial charge in [0.25, 0.3) is 0 Å². The zero-order valence-electron chi connectivity index (χ0n) is 14.8. The molecule has 3 rings (SSSR count). The third kappa shape index (κ3) is 3.86. The van der Waals surface area contributed by atoms with Gasteiger partial charge in [-0.1, -0.05) is 49.9 Å². The summed E-state index contributed by atoms with van der Waals surface area (Å²) >= 11 is 12.1. The predicted octanol–water partition coefficient (Wildman–Crippen LogP) is 6.05. The molecule has 4 atom stereocenters. The van der Waals surface area contributed by atoms with Gasteiger partial charge in [-0.15, -0.1) is 0 Å². The summed E-state index contributed by atoms with van der Waals surface area (Å²) in [6.07, 6.45) is 7.88. The van der Waals surface area contributed by atoms with E-state index in [9.17, 15) is 0 Å². The van der Waals surface area contributed by atoms with Gasteiger partial charge in [0.2, 0.25) is 0 Å². The topological polar surface area (TPSA) is 12.5 Å². The smallest absolute Gasteiger partial charge is 0.120 e. The SMILES string of the molecule is CCC[C@H]1CC2CCC(C1COc1ccc(Cl)c(Cl)c1)N2CCC. The van der Waals surface area contributed by atoms with Crippen molar-refractivity contribution in [3.05, 3.63) is 28.2 Å². The molecule has 0 saturated carbocycles. The van der Waals surface area contributed by atoms with Crippen molar-refractivity contribution in [2.45, 2.75) is 64.5 Å². The van der Waals surface area contributed by atoms with E-state index in [1.54, 1.807) is 0 Å². The molecule has 3 unspecified atom stereocenters. The molecule has 0 aliphatic carbocycles. The highest BCUT2D eigenvalue weighted by Crippen LogP contribution is 2.44. The Morgan fingerprint density at radius 3 is 2.67 bits per heavy atom. The summed E-state index contributed by atoms with van der Waals surface area (Å²) in [6.45, 7) is 6.62. The summed E-state index contributed by atoms with van der Waals surface area (Å²) in [6, 6.07) is 7.09. The Morgan fingerprint density at radius 1 is 1.12 bits per heavy atom. The normalized spacial score (nSPS) is 29.8. The van der Waals surface area contributed by atoms with E-state index in [1.807, 2.05) is 18.2 Å². The molecule has 2 fully saturated rings. The van der Waals surface area contributed by atoms with Gasteiger partial charge in [-0.3, -0.25) is 4.90 Å². The molecule has 1 aromatic rings. The number of ether oxygens (including phenoxy) is 1.